The first-order chi connectivity index (χ1) is 7.69. The maximum atomic E-state index is 11.7. The molecule has 4 heteroatoms. The van der Waals surface area contributed by atoms with Crippen molar-refractivity contribution in [2.45, 2.75) is 13.3 Å². The van der Waals surface area contributed by atoms with Crippen molar-refractivity contribution in [3.05, 3.63) is 28.8 Å². The predicted molar refractivity (Wildman–Crippen MR) is 70.0 cm³/mol. The first-order valence-corrected chi connectivity index (χ1v) is 6.90. The summed E-state index contributed by atoms with van der Waals surface area (Å²) < 4.78 is 5.31. The van der Waals surface area contributed by atoms with E-state index >= 15 is 0 Å². The average molecular weight is 259 g/mol. The van der Waals surface area contributed by atoms with Gasteiger partial charge in [0, 0.05) is 17.7 Å². The molecule has 1 aromatic rings. The summed E-state index contributed by atoms with van der Waals surface area (Å²) in [5, 5.41) is 0.497. The number of thioether (sulfide) groups is 1. The number of ether oxygens (including phenoxy) is 1. The molecule has 1 aromatic carbocycles. The minimum absolute atomic E-state index is 0.124. The van der Waals surface area contributed by atoms with Crippen molar-refractivity contribution in [3.63, 3.8) is 0 Å². The minimum Gasteiger partial charge on any atom is -0.492 e. The highest BCUT2D eigenvalue weighted by molar-refractivity contribution is 7.98. The van der Waals surface area contributed by atoms with Crippen molar-refractivity contribution < 1.29 is 9.53 Å². The third-order valence-corrected chi connectivity index (χ3v) is 2.99. The molecule has 0 saturated carbocycles. The number of rotatable bonds is 6. The quantitative estimate of drug-likeness (QED) is 0.729. The number of carbonyl (C=O) groups is 1. The Kier molecular flexibility index (Phi) is 5.71. The average Bonchev–Trinajstić information content (AvgIpc) is 2.29. The van der Waals surface area contributed by atoms with E-state index in [1.54, 1.807) is 30.0 Å². The van der Waals surface area contributed by atoms with Crippen molar-refractivity contribution in [1.29, 1.82) is 0 Å². The lowest BCUT2D eigenvalue weighted by Gasteiger charge is -2.07. The van der Waals surface area contributed by atoms with Crippen LogP contribution in [0.25, 0.3) is 0 Å². The van der Waals surface area contributed by atoms with Crippen molar-refractivity contribution >= 4 is 29.1 Å². The Labute approximate surface area is 105 Å². The molecule has 0 radical (unpaired) electrons. The van der Waals surface area contributed by atoms with Crippen molar-refractivity contribution in [1.82, 2.24) is 0 Å². The van der Waals surface area contributed by atoms with Crippen LogP contribution in [0.5, 0.6) is 5.75 Å². The third kappa shape index (κ3) is 3.72. The molecule has 0 spiro atoms. The van der Waals surface area contributed by atoms with Gasteiger partial charge >= 0.3 is 0 Å². The van der Waals surface area contributed by atoms with Gasteiger partial charge in [-0.1, -0.05) is 11.6 Å². The topological polar surface area (TPSA) is 26.3 Å². The van der Waals surface area contributed by atoms with E-state index in [0.29, 0.717) is 29.4 Å². The SMILES string of the molecule is CCOc1ccc(C(=O)CCSC)cc1Cl. The molecule has 0 atom stereocenters. The van der Waals surface area contributed by atoms with Crippen LogP contribution in [0.1, 0.15) is 23.7 Å². The fourth-order valence-electron chi connectivity index (χ4n) is 1.29. The highest BCUT2D eigenvalue weighted by Crippen LogP contribution is 2.26. The van der Waals surface area contributed by atoms with Crippen LogP contribution in [0.15, 0.2) is 18.2 Å². The van der Waals surface area contributed by atoms with Gasteiger partial charge in [-0.25, -0.2) is 0 Å². The van der Waals surface area contributed by atoms with Gasteiger partial charge in [0.15, 0.2) is 5.78 Å². The molecule has 0 heterocycles. The number of halogens is 1. The molecule has 88 valence electrons. The molecule has 0 saturated heterocycles. The lowest BCUT2D eigenvalue weighted by atomic mass is 10.1. The Hall–Kier alpha value is -0.670. The number of carbonyl (C=O) groups excluding carboxylic acids is 1. The molecule has 0 aliphatic carbocycles. The first kappa shape index (κ1) is 13.4. The van der Waals surface area contributed by atoms with Gasteiger partial charge in [0.1, 0.15) is 5.75 Å². The second kappa shape index (κ2) is 6.81. The Morgan fingerprint density at radius 2 is 2.25 bits per heavy atom. The summed E-state index contributed by atoms with van der Waals surface area (Å²) in [5.41, 5.74) is 0.655. The molecule has 0 bridgehead atoms. The van der Waals surface area contributed by atoms with Crippen LogP contribution >= 0.6 is 23.4 Å². The Morgan fingerprint density at radius 3 is 2.81 bits per heavy atom. The largest absolute Gasteiger partial charge is 0.492 e. The molecule has 0 amide bonds. The zero-order valence-corrected chi connectivity index (χ0v) is 11.0. The fourth-order valence-corrected chi connectivity index (χ4v) is 1.91. The number of hydrogen-bond donors (Lipinski definition) is 0. The number of ketones is 1. The fraction of sp³-hybridized carbons (Fsp3) is 0.417. The summed E-state index contributed by atoms with van der Waals surface area (Å²) in [7, 11) is 0. The van der Waals surface area contributed by atoms with Crippen LogP contribution in [0, 0.1) is 0 Å². The smallest absolute Gasteiger partial charge is 0.163 e. The molecule has 0 fully saturated rings. The highest BCUT2D eigenvalue weighted by Gasteiger charge is 2.08. The molecule has 1 rings (SSSR count). The molecule has 0 N–H and O–H groups in total. The number of Topliss-reactive ketones (excluding diaryl/α,β-unsaturated/α-hetero) is 1. The van der Waals surface area contributed by atoms with Gasteiger partial charge in [-0.2, -0.15) is 11.8 Å². The van der Waals surface area contributed by atoms with Gasteiger partial charge in [0.05, 0.1) is 11.6 Å². The van der Waals surface area contributed by atoms with Crippen LogP contribution in [0.2, 0.25) is 5.02 Å². The maximum absolute atomic E-state index is 11.7. The standard InChI is InChI=1S/C12H15ClO2S/c1-3-15-12-5-4-9(8-10(12)13)11(14)6-7-16-2/h4-5,8H,3,6-7H2,1-2H3. The molecule has 16 heavy (non-hydrogen) atoms. The lowest BCUT2D eigenvalue weighted by Crippen LogP contribution is -2.01. The van der Waals surface area contributed by atoms with Gasteiger partial charge in [-0.15, -0.1) is 0 Å². The van der Waals surface area contributed by atoms with E-state index in [1.807, 2.05) is 13.2 Å². The van der Waals surface area contributed by atoms with Crippen molar-refractivity contribution in [3.8, 4) is 5.75 Å². The van der Waals surface area contributed by atoms with E-state index in [1.165, 1.54) is 0 Å². The molecule has 2 nitrogen and oxygen atoms in total. The van der Waals surface area contributed by atoms with E-state index in [4.69, 9.17) is 16.3 Å². The third-order valence-electron chi connectivity index (χ3n) is 2.09. The molecule has 0 aliphatic heterocycles. The second-order valence-electron chi connectivity index (χ2n) is 3.24. The van der Waals surface area contributed by atoms with E-state index in [9.17, 15) is 4.79 Å². The number of hydrogen-bond acceptors (Lipinski definition) is 3. The molecule has 0 aromatic heterocycles. The van der Waals surface area contributed by atoms with Gasteiger partial charge in [0.2, 0.25) is 0 Å². The van der Waals surface area contributed by atoms with Gasteiger partial charge in [-0.3, -0.25) is 4.79 Å². The second-order valence-corrected chi connectivity index (χ2v) is 4.64. The Bertz CT molecular complexity index is 366. The van der Waals surface area contributed by atoms with Crippen LogP contribution in [0.3, 0.4) is 0 Å². The van der Waals surface area contributed by atoms with E-state index in [2.05, 4.69) is 0 Å². The van der Waals surface area contributed by atoms with Gasteiger partial charge in [0.25, 0.3) is 0 Å². The normalized spacial score (nSPS) is 10.2. The zero-order chi connectivity index (χ0) is 12.0. The minimum atomic E-state index is 0.124. The highest BCUT2D eigenvalue weighted by atomic mass is 35.5. The predicted octanol–water partition coefficient (Wildman–Crippen LogP) is 3.67. The summed E-state index contributed by atoms with van der Waals surface area (Å²) in [6.45, 7) is 2.47. The van der Waals surface area contributed by atoms with Gasteiger partial charge in [-0.05, 0) is 31.4 Å². The van der Waals surface area contributed by atoms with Crippen LogP contribution in [-0.4, -0.2) is 24.4 Å². The first-order valence-electron chi connectivity index (χ1n) is 5.13. The summed E-state index contributed by atoms with van der Waals surface area (Å²) in [4.78, 5) is 11.7. The van der Waals surface area contributed by atoms with Gasteiger partial charge < -0.3 is 4.74 Å². The summed E-state index contributed by atoms with van der Waals surface area (Å²) in [6.07, 6.45) is 2.53. The maximum Gasteiger partial charge on any atom is 0.163 e. The Balaban J connectivity index is 2.76. The summed E-state index contributed by atoms with van der Waals surface area (Å²) in [5.74, 6) is 1.59. The summed E-state index contributed by atoms with van der Waals surface area (Å²) in [6, 6.07) is 5.19. The lowest BCUT2D eigenvalue weighted by molar-refractivity contribution is 0.0989. The monoisotopic (exact) mass is 258 g/mol. The van der Waals surface area contributed by atoms with Crippen LogP contribution in [0.4, 0.5) is 0 Å². The number of benzene rings is 1. The van der Waals surface area contributed by atoms with E-state index in [0.717, 1.165) is 5.75 Å². The zero-order valence-electron chi connectivity index (χ0n) is 9.46. The Morgan fingerprint density at radius 1 is 1.50 bits per heavy atom. The van der Waals surface area contributed by atoms with Crippen LogP contribution in [-0.2, 0) is 0 Å². The van der Waals surface area contributed by atoms with Crippen molar-refractivity contribution in [2.24, 2.45) is 0 Å². The van der Waals surface area contributed by atoms with Crippen LogP contribution < -0.4 is 4.74 Å². The van der Waals surface area contributed by atoms with E-state index < -0.39 is 0 Å². The van der Waals surface area contributed by atoms with E-state index in [-0.39, 0.29) is 5.78 Å². The molecular weight excluding hydrogens is 244 g/mol. The molecular formula is C12H15ClO2S. The van der Waals surface area contributed by atoms with Crippen molar-refractivity contribution in [2.75, 3.05) is 18.6 Å². The summed E-state index contributed by atoms with van der Waals surface area (Å²) >= 11 is 7.67. The molecule has 0 unspecified atom stereocenters. The molecule has 0 aliphatic rings.